The fourth-order valence-corrected chi connectivity index (χ4v) is 2.40. The maximum absolute atomic E-state index is 9.79. The van der Waals surface area contributed by atoms with Gasteiger partial charge in [-0.3, -0.25) is 0 Å². The highest BCUT2D eigenvalue weighted by Gasteiger charge is 2.06. The first-order valence-corrected chi connectivity index (χ1v) is 8.01. The zero-order chi connectivity index (χ0) is 15.0. The molecular weight excluding hydrogens is 393 g/mol. The molecule has 20 heavy (non-hydrogen) atoms. The van der Waals surface area contributed by atoms with E-state index in [1.54, 1.807) is 0 Å². The van der Waals surface area contributed by atoms with Crippen LogP contribution in [0.5, 0.6) is 0 Å². The molecule has 1 unspecified atom stereocenters. The summed E-state index contributed by atoms with van der Waals surface area (Å²) < 4.78 is 11.7. The molecule has 0 saturated heterocycles. The SMILES string of the molecule is CC(C)OCCOCC(O)CNc1ccc(I)cc1Cl. The Morgan fingerprint density at radius 3 is 2.75 bits per heavy atom. The minimum absolute atomic E-state index is 0.202. The largest absolute Gasteiger partial charge is 0.389 e. The van der Waals surface area contributed by atoms with Crippen LogP contribution in [0.25, 0.3) is 0 Å². The number of aliphatic hydroxyl groups is 1. The van der Waals surface area contributed by atoms with E-state index in [0.717, 1.165) is 9.26 Å². The zero-order valence-electron chi connectivity index (χ0n) is 11.7. The van der Waals surface area contributed by atoms with Gasteiger partial charge in [-0.05, 0) is 54.6 Å². The van der Waals surface area contributed by atoms with Gasteiger partial charge in [-0.2, -0.15) is 0 Å². The number of nitrogens with one attached hydrogen (secondary N) is 1. The van der Waals surface area contributed by atoms with Crippen LogP contribution in [0, 0.1) is 3.57 Å². The van der Waals surface area contributed by atoms with Gasteiger partial charge < -0.3 is 19.9 Å². The van der Waals surface area contributed by atoms with E-state index in [2.05, 4.69) is 27.9 Å². The standard InChI is InChI=1S/C14H21ClINO3/c1-10(2)20-6-5-19-9-12(18)8-17-14-4-3-11(16)7-13(14)15/h3-4,7,10,12,17-18H,5-6,8-9H2,1-2H3. The third-order valence-electron chi connectivity index (χ3n) is 2.45. The molecule has 6 heteroatoms. The van der Waals surface area contributed by atoms with Gasteiger partial charge in [0, 0.05) is 10.1 Å². The summed E-state index contributed by atoms with van der Waals surface area (Å²) in [5.74, 6) is 0. The summed E-state index contributed by atoms with van der Waals surface area (Å²) in [7, 11) is 0. The minimum atomic E-state index is -0.579. The molecule has 2 N–H and O–H groups in total. The summed E-state index contributed by atoms with van der Waals surface area (Å²) >= 11 is 8.29. The van der Waals surface area contributed by atoms with E-state index in [-0.39, 0.29) is 12.7 Å². The number of anilines is 1. The predicted molar refractivity (Wildman–Crippen MR) is 90.6 cm³/mol. The number of rotatable bonds is 9. The molecule has 0 amide bonds. The molecule has 4 nitrogen and oxygen atoms in total. The number of ether oxygens (including phenoxy) is 2. The lowest BCUT2D eigenvalue weighted by Crippen LogP contribution is -2.26. The van der Waals surface area contributed by atoms with Crippen LogP contribution in [0.1, 0.15) is 13.8 Å². The zero-order valence-corrected chi connectivity index (χ0v) is 14.6. The topological polar surface area (TPSA) is 50.7 Å². The van der Waals surface area contributed by atoms with Crippen LogP contribution in [-0.2, 0) is 9.47 Å². The second kappa shape index (κ2) is 9.78. The number of benzene rings is 1. The molecule has 114 valence electrons. The normalized spacial score (nSPS) is 12.7. The van der Waals surface area contributed by atoms with Gasteiger partial charge in [-0.15, -0.1) is 0 Å². The number of halogens is 2. The quantitative estimate of drug-likeness (QED) is 0.482. The van der Waals surface area contributed by atoms with Gasteiger partial charge in [0.05, 0.1) is 42.7 Å². The van der Waals surface area contributed by atoms with Crippen LogP contribution < -0.4 is 5.32 Å². The van der Waals surface area contributed by atoms with Crippen LogP contribution in [-0.4, -0.2) is 43.7 Å². The van der Waals surface area contributed by atoms with Gasteiger partial charge in [0.15, 0.2) is 0 Å². The first-order valence-electron chi connectivity index (χ1n) is 6.55. The molecule has 0 aliphatic heterocycles. The second-order valence-electron chi connectivity index (χ2n) is 4.65. The van der Waals surface area contributed by atoms with Crippen molar-refractivity contribution in [3.05, 3.63) is 26.8 Å². The third kappa shape index (κ3) is 7.64. The maximum Gasteiger partial charge on any atom is 0.0945 e. The minimum Gasteiger partial charge on any atom is -0.389 e. The summed E-state index contributed by atoms with van der Waals surface area (Å²) in [5.41, 5.74) is 0.814. The van der Waals surface area contributed by atoms with E-state index >= 15 is 0 Å². The highest BCUT2D eigenvalue weighted by Crippen LogP contribution is 2.23. The van der Waals surface area contributed by atoms with Crippen LogP contribution in [0.4, 0.5) is 5.69 Å². The second-order valence-corrected chi connectivity index (χ2v) is 6.31. The van der Waals surface area contributed by atoms with Crippen molar-refractivity contribution in [3.63, 3.8) is 0 Å². The van der Waals surface area contributed by atoms with E-state index in [0.29, 0.717) is 24.8 Å². The maximum atomic E-state index is 9.79. The average Bonchev–Trinajstić information content (AvgIpc) is 2.37. The monoisotopic (exact) mass is 413 g/mol. The van der Waals surface area contributed by atoms with Crippen molar-refractivity contribution in [1.82, 2.24) is 0 Å². The van der Waals surface area contributed by atoms with Gasteiger partial charge in [0.25, 0.3) is 0 Å². The number of aliphatic hydroxyl groups excluding tert-OH is 1. The molecule has 0 bridgehead atoms. The molecule has 0 saturated carbocycles. The fourth-order valence-electron chi connectivity index (χ4n) is 1.48. The van der Waals surface area contributed by atoms with Crippen molar-refractivity contribution in [2.75, 3.05) is 31.7 Å². The van der Waals surface area contributed by atoms with Crippen molar-refractivity contribution in [3.8, 4) is 0 Å². The Kier molecular flexibility index (Phi) is 8.79. The Morgan fingerprint density at radius 1 is 1.35 bits per heavy atom. The van der Waals surface area contributed by atoms with Crippen LogP contribution in [0.2, 0.25) is 5.02 Å². The molecular formula is C14H21ClINO3. The van der Waals surface area contributed by atoms with E-state index in [1.807, 2.05) is 32.0 Å². The Morgan fingerprint density at radius 2 is 2.10 bits per heavy atom. The van der Waals surface area contributed by atoms with Gasteiger partial charge in [-0.1, -0.05) is 11.6 Å². The Labute approximate surface area is 138 Å². The lowest BCUT2D eigenvalue weighted by molar-refractivity contribution is -0.00734. The van der Waals surface area contributed by atoms with Crippen molar-refractivity contribution in [1.29, 1.82) is 0 Å². The van der Waals surface area contributed by atoms with E-state index < -0.39 is 6.10 Å². The van der Waals surface area contributed by atoms with Gasteiger partial charge in [-0.25, -0.2) is 0 Å². The first kappa shape index (κ1) is 18.0. The van der Waals surface area contributed by atoms with E-state index in [9.17, 15) is 5.11 Å². The number of hydrogen-bond acceptors (Lipinski definition) is 4. The van der Waals surface area contributed by atoms with Crippen LogP contribution in [0.3, 0.4) is 0 Å². The van der Waals surface area contributed by atoms with Crippen LogP contribution in [0.15, 0.2) is 18.2 Å². The Hall–Kier alpha value is -0.0800. The van der Waals surface area contributed by atoms with Crippen molar-refractivity contribution < 1.29 is 14.6 Å². The molecule has 0 aromatic heterocycles. The summed E-state index contributed by atoms with van der Waals surface area (Å²) in [5, 5.41) is 13.5. The summed E-state index contributed by atoms with van der Waals surface area (Å²) in [6.07, 6.45) is -0.377. The van der Waals surface area contributed by atoms with E-state index in [1.165, 1.54) is 0 Å². The van der Waals surface area contributed by atoms with E-state index in [4.69, 9.17) is 21.1 Å². The molecule has 1 rings (SSSR count). The average molecular weight is 414 g/mol. The molecule has 1 aromatic carbocycles. The highest BCUT2D eigenvalue weighted by atomic mass is 127. The molecule has 0 spiro atoms. The fraction of sp³-hybridized carbons (Fsp3) is 0.571. The molecule has 0 aliphatic carbocycles. The van der Waals surface area contributed by atoms with Crippen molar-refractivity contribution >= 4 is 39.9 Å². The summed E-state index contributed by atoms with van der Waals surface area (Å²) in [6.45, 7) is 5.65. The Balaban J connectivity index is 2.18. The molecule has 0 fully saturated rings. The van der Waals surface area contributed by atoms with Crippen molar-refractivity contribution in [2.24, 2.45) is 0 Å². The Bertz CT molecular complexity index is 404. The molecule has 1 atom stereocenters. The van der Waals surface area contributed by atoms with Crippen molar-refractivity contribution in [2.45, 2.75) is 26.1 Å². The van der Waals surface area contributed by atoms with Gasteiger partial charge in [0.2, 0.25) is 0 Å². The predicted octanol–water partition coefficient (Wildman–Crippen LogP) is 3.16. The third-order valence-corrected chi connectivity index (χ3v) is 3.43. The first-order chi connectivity index (χ1) is 9.49. The molecule has 1 aromatic rings. The molecule has 0 heterocycles. The lowest BCUT2D eigenvalue weighted by Gasteiger charge is -2.14. The summed E-state index contributed by atoms with van der Waals surface area (Å²) in [6, 6.07) is 5.73. The van der Waals surface area contributed by atoms with Gasteiger partial charge >= 0.3 is 0 Å². The van der Waals surface area contributed by atoms with Crippen LogP contribution >= 0.6 is 34.2 Å². The lowest BCUT2D eigenvalue weighted by atomic mass is 10.3. The number of hydrogen-bond donors (Lipinski definition) is 2. The summed E-state index contributed by atoms with van der Waals surface area (Å²) in [4.78, 5) is 0. The molecule has 0 aliphatic rings. The molecule has 0 radical (unpaired) electrons. The smallest absolute Gasteiger partial charge is 0.0945 e. The van der Waals surface area contributed by atoms with Gasteiger partial charge in [0.1, 0.15) is 0 Å². The highest BCUT2D eigenvalue weighted by molar-refractivity contribution is 14.1.